The highest BCUT2D eigenvalue weighted by molar-refractivity contribution is 5.87. The average molecular weight is 423 g/mol. The first-order valence-electron chi connectivity index (χ1n) is 10.6. The molecule has 2 aromatic carbocycles. The summed E-state index contributed by atoms with van der Waals surface area (Å²) in [5.74, 6) is 0.799. The first-order valence-corrected chi connectivity index (χ1v) is 10.6. The maximum atomic E-state index is 12.7. The Morgan fingerprint density at radius 2 is 1.74 bits per heavy atom. The minimum Gasteiger partial charge on any atom is -0.497 e. The molecule has 1 N–H and O–H groups in total. The van der Waals surface area contributed by atoms with E-state index in [1.807, 2.05) is 61.5 Å². The number of rotatable bonds is 7. The van der Waals surface area contributed by atoms with Gasteiger partial charge in [-0.2, -0.15) is 0 Å². The van der Waals surface area contributed by atoms with Crippen molar-refractivity contribution in [1.29, 1.82) is 0 Å². The molecule has 2 aromatic rings. The second-order valence-corrected chi connectivity index (χ2v) is 7.60. The maximum Gasteiger partial charge on any atom is 0.408 e. The summed E-state index contributed by atoms with van der Waals surface area (Å²) in [5, 5.41) is 2.87. The van der Waals surface area contributed by atoms with E-state index in [-0.39, 0.29) is 5.91 Å². The number of amides is 2. The van der Waals surface area contributed by atoms with Gasteiger partial charge in [0.15, 0.2) is 0 Å². The molecule has 1 aliphatic rings. The molecule has 3 rings (SSSR count). The van der Waals surface area contributed by atoms with Gasteiger partial charge >= 0.3 is 6.09 Å². The molecule has 1 aliphatic heterocycles. The predicted octanol–water partition coefficient (Wildman–Crippen LogP) is 4.06. The van der Waals surface area contributed by atoms with Crippen molar-refractivity contribution < 1.29 is 19.1 Å². The molecule has 0 bridgehead atoms. The number of allylic oxidation sites excluding steroid dienone is 1. The zero-order chi connectivity index (χ0) is 22.1. The van der Waals surface area contributed by atoms with Crippen LogP contribution in [-0.2, 0) is 21.6 Å². The van der Waals surface area contributed by atoms with Crippen LogP contribution in [-0.4, -0.2) is 43.6 Å². The number of nitrogens with one attached hydrogen (secondary N) is 1. The van der Waals surface area contributed by atoms with Crippen molar-refractivity contribution in [2.24, 2.45) is 0 Å². The summed E-state index contributed by atoms with van der Waals surface area (Å²) < 4.78 is 11.2. The Hall–Kier alpha value is -3.28. The monoisotopic (exact) mass is 422 g/mol. The highest BCUT2D eigenvalue weighted by atomic mass is 16.6. The van der Waals surface area contributed by atoms with Crippen LogP contribution in [0.4, 0.5) is 4.79 Å². The Balaban J connectivity index is 1.61. The highest BCUT2D eigenvalue weighted by Crippen LogP contribution is 2.37. The molecule has 0 aromatic heterocycles. The smallest absolute Gasteiger partial charge is 0.408 e. The molecule has 0 spiro atoms. The van der Waals surface area contributed by atoms with Crippen LogP contribution in [0.15, 0.2) is 66.7 Å². The molecular formula is C25H30N2O4. The number of piperidine rings is 1. The number of benzene rings is 2. The zero-order valence-corrected chi connectivity index (χ0v) is 18.2. The number of likely N-dealkylation sites (tertiary alicyclic amines) is 1. The lowest BCUT2D eigenvalue weighted by Gasteiger charge is -2.41. The van der Waals surface area contributed by atoms with Crippen molar-refractivity contribution in [3.05, 3.63) is 77.9 Å². The predicted molar refractivity (Wildman–Crippen MR) is 120 cm³/mol. The molecule has 0 aliphatic carbocycles. The summed E-state index contributed by atoms with van der Waals surface area (Å²) in [5.41, 5.74) is 1.33. The summed E-state index contributed by atoms with van der Waals surface area (Å²) >= 11 is 0. The molecule has 31 heavy (non-hydrogen) atoms. The molecular weight excluding hydrogens is 392 g/mol. The normalized spacial score (nSPS) is 15.5. The van der Waals surface area contributed by atoms with E-state index in [1.54, 1.807) is 24.2 Å². The number of alkyl carbamates (subject to hydrolysis) is 1. The van der Waals surface area contributed by atoms with Crippen LogP contribution in [0.2, 0.25) is 0 Å². The van der Waals surface area contributed by atoms with Crippen LogP contribution in [0.5, 0.6) is 5.75 Å². The second kappa shape index (κ2) is 10.7. The van der Waals surface area contributed by atoms with Crippen LogP contribution in [0.25, 0.3) is 0 Å². The SMILES string of the molecule is CC=CC(=O)N1CCC(OC(=O)NCCc2ccc(OC)cc2)(c2ccccc2)CC1. The summed E-state index contributed by atoms with van der Waals surface area (Å²) in [6.07, 6.45) is 4.70. The number of hydrogen-bond donors (Lipinski definition) is 1. The lowest BCUT2D eigenvalue weighted by atomic mass is 9.84. The van der Waals surface area contributed by atoms with Crippen molar-refractivity contribution in [1.82, 2.24) is 10.2 Å². The molecule has 0 unspecified atom stereocenters. The van der Waals surface area contributed by atoms with E-state index in [4.69, 9.17) is 9.47 Å². The molecule has 0 atom stereocenters. The Labute approximate surface area is 183 Å². The first kappa shape index (κ1) is 22.4. The van der Waals surface area contributed by atoms with Gasteiger partial charge in [-0.15, -0.1) is 0 Å². The van der Waals surface area contributed by atoms with Crippen LogP contribution < -0.4 is 10.1 Å². The zero-order valence-electron chi connectivity index (χ0n) is 18.2. The number of carbonyl (C=O) groups is 2. The van der Waals surface area contributed by atoms with E-state index in [1.165, 1.54) is 0 Å². The molecule has 6 heteroatoms. The largest absolute Gasteiger partial charge is 0.497 e. The van der Waals surface area contributed by atoms with Crippen molar-refractivity contribution in [2.45, 2.75) is 31.8 Å². The maximum absolute atomic E-state index is 12.7. The minimum absolute atomic E-state index is 0.00638. The standard InChI is InChI=1S/C25H30N2O4/c1-3-7-23(28)27-18-15-25(16-19-27,21-8-5-4-6-9-21)31-24(29)26-17-14-20-10-12-22(30-2)13-11-20/h3-13H,14-19H2,1-2H3,(H,26,29). The Morgan fingerprint density at radius 3 is 2.35 bits per heavy atom. The third kappa shape index (κ3) is 5.87. The summed E-state index contributed by atoms with van der Waals surface area (Å²) in [6, 6.07) is 17.6. The quantitative estimate of drug-likeness (QED) is 0.684. The number of ether oxygens (including phenoxy) is 2. The first-order chi connectivity index (χ1) is 15.1. The highest BCUT2D eigenvalue weighted by Gasteiger charge is 2.40. The van der Waals surface area contributed by atoms with Crippen LogP contribution in [0, 0.1) is 0 Å². The van der Waals surface area contributed by atoms with Gasteiger partial charge in [-0.25, -0.2) is 4.79 Å². The third-order valence-electron chi connectivity index (χ3n) is 5.62. The van der Waals surface area contributed by atoms with Gasteiger partial charge < -0.3 is 19.7 Å². The third-order valence-corrected chi connectivity index (χ3v) is 5.62. The number of nitrogens with zero attached hydrogens (tertiary/aromatic N) is 1. The van der Waals surface area contributed by atoms with Gasteiger partial charge in [0.25, 0.3) is 0 Å². The number of methoxy groups -OCH3 is 1. The molecule has 1 saturated heterocycles. The topological polar surface area (TPSA) is 67.9 Å². The van der Waals surface area contributed by atoms with Crippen molar-refractivity contribution in [3.8, 4) is 5.75 Å². The molecule has 1 heterocycles. The average Bonchev–Trinajstić information content (AvgIpc) is 2.80. The molecule has 6 nitrogen and oxygen atoms in total. The van der Waals surface area contributed by atoms with E-state index < -0.39 is 11.7 Å². The molecule has 1 fully saturated rings. The Morgan fingerprint density at radius 1 is 1.06 bits per heavy atom. The lowest BCUT2D eigenvalue weighted by Crippen LogP contribution is -2.48. The van der Waals surface area contributed by atoms with Crippen molar-refractivity contribution >= 4 is 12.0 Å². The molecule has 2 amide bonds. The van der Waals surface area contributed by atoms with Gasteiger partial charge in [-0.3, -0.25) is 4.79 Å². The van der Waals surface area contributed by atoms with Gasteiger partial charge in [0.1, 0.15) is 11.4 Å². The van der Waals surface area contributed by atoms with Gasteiger partial charge in [0, 0.05) is 32.5 Å². The van der Waals surface area contributed by atoms with E-state index in [9.17, 15) is 9.59 Å². The molecule has 0 saturated carbocycles. The fourth-order valence-electron chi connectivity index (χ4n) is 3.84. The minimum atomic E-state index is -0.738. The van der Waals surface area contributed by atoms with Crippen molar-refractivity contribution in [3.63, 3.8) is 0 Å². The Kier molecular flexibility index (Phi) is 7.70. The molecule has 0 radical (unpaired) electrons. The van der Waals surface area contributed by atoms with E-state index in [0.29, 0.717) is 38.9 Å². The van der Waals surface area contributed by atoms with E-state index >= 15 is 0 Å². The van der Waals surface area contributed by atoms with E-state index in [0.717, 1.165) is 16.9 Å². The fourth-order valence-corrected chi connectivity index (χ4v) is 3.84. The fraction of sp³-hybridized carbons (Fsp3) is 0.360. The van der Waals surface area contributed by atoms with Crippen LogP contribution in [0.3, 0.4) is 0 Å². The lowest BCUT2D eigenvalue weighted by molar-refractivity contribution is -0.130. The Bertz CT molecular complexity index is 885. The van der Waals surface area contributed by atoms with Gasteiger partial charge in [0.05, 0.1) is 7.11 Å². The van der Waals surface area contributed by atoms with Gasteiger partial charge in [-0.1, -0.05) is 48.5 Å². The second-order valence-electron chi connectivity index (χ2n) is 7.60. The summed E-state index contributed by atoms with van der Waals surface area (Å²) in [4.78, 5) is 26.6. The van der Waals surface area contributed by atoms with Crippen LogP contribution >= 0.6 is 0 Å². The summed E-state index contributed by atoms with van der Waals surface area (Å²) in [7, 11) is 1.63. The van der Waals surface area contributed by atoms with Gasteiger partial charge in [-0.05, 0) is 42.7 Å². The van der Waals surface area contributed by atoms with Crippen LogP contribution in [0.1, 0.15) is 30.9 Å². The van der Waals surface area contributed by atoms with Crippen molar-refractivity contribution in [2.75, 3.05) is 26.7 Å². The van der Waals surface area contributed by atoms with E-state index in [2.05, 4.69) is 5.32 Å². The number of carbonyl (C=O) groups excluding carboxylic acids is 2. The summed E-state index contributed by atoms with van der Waals surface area (Å²) in [6.45, 7) is 3.38. The van der Waals surface area contributed by atoms with Gasteiger partial charge in [0.2, 0.25) is 5.91 Å². The number of hydrogen-bond acceptors (Lipinski definition) is 4. The molecule has 164 valence electrons.